The molecule has 5 heteroatoms. The van der Waals surface area contributed by atoms with E-state index in [1.807, 2.05) is 45.0 Å². The van der Waals surface area contributed by atoms with Gasteiger partial charge in [-0.25, -0.2) is 0 Å². The van der Waals surface area contributed by atoms with Crippen LogP contribution in [0, 0.1) is 6.92 Å². The summed E-state index contributed by atoms with van der Waals surface area (Å²) in [6.07, 6.45) is 0. The van der Waals surface area contributed by atoms with Crippen molar-refractivity contribution in [2.75, 3.05) is 26.2 Å². The standard InChI is InChI=1S/C21H25N3O2.C2H6/c1-4-24(5-2)13-12-22-21(26)18-14(3)10-11-16-19(18)23-17-9-7-6-8-15(17)20(16)25;1-2/h6-11H,4-5,12-13H2,1-3H3,(H,22,26)(H,23,25);1-2H3. The van der Waals surface area contributed by atoms with Crippen LogP contribution >= 0.6 is 0 Å². The summed E-state index contributed by atoms with van der Waals surface area (Å²) in [5, 5.41) is 4.18. The summed E-state index contributed by atoms with van der Waals surface area (Å²) in [7, 11) is 0. The molecule has 0 atom stereocenters. The maximum atomic E-state index is 12.8. The Kier molecular flexibility index (Phi) is 7.76. The predicted octanol–water partition coefficient (Wildman–Crippen LogP) is 4.09. The Morgan fingerprint density at radius 3 is 2.39 bits per heavy atom. The molecule has 0 aliphatic heterocycles. The number of fused-ring (bicyclic) bond motifs is 2. The van der Waals surface area contributed by atoms with E-state index >= 15 is 0 Å². The molecule has 3 rings (SSSR count). The maximum Gasteiger partial charge on any atom is 0.253 e. The van der Waals surface area contributed by atoms with Gasteiger partial charge in [0.1, 0.15) is 0 Å². The first-order chi connectivity index (χ1) is 13.6. The molecule has 0 bridgehead atoms. The number of rotatable bonds is 6. The molecule has 28 heavy (non-hydrogen) atoms. The van der Waals surface area contributed by atoms with Crippen LogP contribution in [0.25, 0.3) is 21.8 Å². The quantitative estimate of drug-likeness (QED) is 0.632. The van der Waals surface area contributed by atoms with Crippen LogP contribution in [0.3, 0.4) is 0 Å². The number of amides is 1. The second kappa shape index (κ2) is 10.0. The number of hydrogen-bond donors (Lipinski definition) is 2. The average Bonchev–Trinajstić information content (AvgIpc) is 2.72. The minimum absolute atomic E-state index is 0.0495. The summed E-state index contributed by atoms with van der Waals surface area (Å²) in [6.45, 7) is 13.4. The van der Waals surface area contributed by atoms with E-state index in [4.69, 9.17) is 0 Å². The number of carbonyl (C=O) groups is 1. The Morgan fingerprint density at radius 2 is 1.71 bits per heavy atom. The van der Waals surface area contributed by atoms with E-state index in [-0.39, 0.29) is 11.3 Å². The molecule has 3 aromatic rings. The van der Waals surface area contributed by atoms with Gasteiger partial charge in [-0.05, 0) is 43.8 Å². The monoisotopic (exact) mass is 381 g/mol. The lowest BCUT2D eigenvalue weighted by Crippen LogP contribution is -2.35. The fraction of sp³-hybridized carbons (Fsp3) is 0.391. The van der Waals surface area contributed by atoms with Crippen molar-refractivity contribution in [3.05, 3.63) is 57.7 Å². The summed E-state index contributed by atoms with van der Waals surface area (Å²) in [5.41, 5.74) is 2.70. The molecule has 5 nitrogen and oxygen atoms in total. The van der Waals surface area contributed by atoms with Gasteiger partial charge >= 0.3 is 0 Å². The molecule has 0 unspecified atom stereocenters. The van der Waals surface area contributed by atoms with E-state index < -0.39 is 0 Å². The van der Waals surface area contributed by atoms with Gasteiger partial charge in [0.15, 0.2) is 5.43 Å². The van der Waals surface area contributed by atoms with E-state index in [2.05, 4.69) is 29.0 Å². The van der Waals surface area contributed by atoms with E-state index in [1.165, 1.54) is 0 Å². The normalized spacial score (nSPS) is 10.8. The van der Waals surface area contributed by atoms with Crippen molar-refractivity contribution in [3.63, 3.8) is 0 Å². The lowest BCUT2D eigenvalue weighted by atomic mass is 10.0. The summed E-state index contributed by atoms with van der Waals surface area (Å²) in [5.74, 6) is -0.147. The number of benzene rings is 2. The molecule has 1 aromatic heterocycles. The molecule has 0 saturated heterocycles. The molecule has 2 aromatic carbocycles. The maximum absolute atomic E-state index is 12.8. The van der Waals surface area contributed by atoms with Gasteiger partial charge < -0.3 is 15.2 Å². The summed E-state index contributed by atoms with van der Waals surface area (Å²) < 4.78 is 0. The molecule has 0 aliphatic carbocycles. The van der Waals surface area contributed by atoms with Gasteiger partial charge in [-0.15, -0.1) is 0 Å². The van der Waals surface area contributed by atoms with Crippen molar-refractivity contribution >= 4 is 27.7 Å². The van der Waals surface area contributed by atoms with Crippen LogP contribution < -0.4 is 10.7 Å². The van der Waals surface area contributed by atoms with Gasteiger partial charge in [-0.1, -0.05) is 45.9 Å². The van der Waals surface area contributed by atoms with Crippen LogP contribution in [-0.4, -0.2) is 42.0 Å². The number of pyridine rings is 1. The van der Waals surface area contributed by atoms with Gasteiger partial charge in [-0.2, -0.15) is 0 Å². The fourth-order valence-electron chi connectivity index (χ4n) is 3.34. The Bertz CT molecular complexity index is 1000. The zero-order chi connectivity index (χ0) is 20.7. The SMILES string of the molecule is CC.CCN(CC)CCNC(=O)c1c(C)ccc2c(=O)c3ccccc3[nH]c12. The number of nitrogens with zero attached hydrogens (tertiary/aromatic N) is 1. The fourth-order valence-corrected chi connectivity index (χ4v) is 3.34. The lowest BCUT2D eigenvalue weighted by molar-refractivity contribution is 0.0950. The zero-order valence-electron chi connectivity index (χ0n) is 17.6. The first-order valence-electron chi connectivity index (χ1n) is 10.1. The number of carbonyl (C=O) groups excluding carboxylic acids is 1. The van der Waals surface area contributed by atoms with Crippen molar-refractivity contribution < 1.29 is 4.79 Å². The molecule has 0 radical (unpaired) electrons. The Labute approximate surface area is 166 Å². The first-order valence-corrected chi connectivity index (χ1v) is 10.1. The second-order valence-electron chi connectivity index (χ2n) is 6.46. The summed E-state index contributed by atoms with van der Waals surface area (Å²) >= 11 is 0. The molecule has 0 aliphatic rings. The van der Waals surface area contributed by atoms with E-state index in [9.17, 15) is 9.59 Å². The smallest absolute Gasteiger partial charge is 0.253 e. The second-order valence-corrected chi connectivity index (χ2v) is 6.46. The van der Waals surface area contributed by atoms with Gasteiger partial charge in [0, 0.05) is 29.4 Å². The lowest BCUT2D eigenvalue weighted by Gasteiger charge is -2.18. The molecule has 1 amide bonds. The molecule has 1 heterocycles. The Morgan fingerprint density at radius 1 is 1.04 bits per heavy atom. The number of aromatic nitrogens is 1. The number of H-pyrrole nitrogens is 1. The van der Waals surface area contributed by atoms with Crippen molar-refractivity contribution in [3.8, 4) is 0 Å². The third-order valence-corrected chi connectivity index (χ3v) is 4.92. The highest BCUT2D eigenvalue weighted by molar-refractivity contribution is 6.08. The van der Waals surface area contributed by atoms with Crippen LogP contribution in [0.4, 0.5) is 0 Å². The van der Waals surface area contributed by atoms with Crippen molar-refractivity contribution in [2.45, 2.75) is 34.6 Å². The molecular weight excluding hydrogens is 350 g/mol. The highest BCUT2D eigenvalue weighted by atomic mass is 16.1. The number of aromatic amines is 1. The van der Waals surface area contributed by atoms with Gasteiger partial charge in [0.2, 0.25) is 0 Å². The predicted molar refractivity (Wildman–Crippen MR) is 118 cm³/mol. The molecular formula is C23H31N3O2. The molecule has 150 valence electrons. The molecule has 2 N–H and O–H groups in total. The first kappa shape index (κ1) is 21.6. The van der Waals surface area contributed by atoms with Gasteiger partial charge in [0.25, 0.3) is 5.91 Å². The van der Waals surface area contributed by atoms with Gasteiger partial charge in [-0.3, -0.25) is 9.59 Å². The van der Waals surface area contributed by atoms with Gasteiger partial charge in [0.05, 0.1) is 11.1 Å². The van der Waals surface area contributed by atoms with Crippen LogP contribution in [-0.2, 0) is 0 Å². The summed E-state index contributed by atoms with van der Waals surface area (Å²) in [6, 6.07) is 11.0. The molecule has 0 fully saturated rings. The van der Waals surface area contributed by atoms with Crippen molar-refractivity contribution in [2.24, 2.45) is 0 Å². The minimum Gasteiger partial charge on any atom is -0.354 e. The van der Waals surface area contributed by atoms with Crippen molar-refractivity contribution in [1.29, 1.82) is 0 Å². The summed E-state index contributed by atoms with van der Waals surface area (Å²) in [4.78, 5) is 31.2. The number of nitrogens with one attached hydrogen (secondary N) is 2. The molecule has 0 spiro atoms. The highest BCUT2D eigenvalue weighted by Crippen LogP contribution is 2.21. The number of para-hydroxylation sites is 1. The number of hydrogen-bond acceptors (Lipinski definition) is 3. The topological polar surface area (TPSA) is 65.2 Å². The van der Waals surface area contributed by atoms with E-state index in [0.29, 0.717) is 28.4 Å². The van der Waals surface area contributed by atoms with Crippen LogP contribution in [0.5, 0.6) is 0 Å². The third-order valence-electron chi connectivity index (χ3n) is 4.92. The van der Waals surface area contributed by atoms with Crippen molar-refractivity contribution in [1.82, 2.24) is 15.2 Å². The number of aryl methyl sites for hydroxylation is 1. The Hall–Kier alpha value is -2.66. The molecule has 0 saturated carbocycles. The van der Waals surface area contributed by atoms with Crippen LogP contribution in [0.15, 0.2) is 41.2 Å². The number of likely N-dealkylation sites (N-methyl/N-ethyl adjacent to an activating group) is 1. The largest absolute Gasteiger partial charge is 0.354 e. The van der Waals surface area contributed by atoms with E-state index in [1.54, 1.807) is 12.1 Å². The Balaban J connectivity index is 0.00000136. The third kappa shape index (κ3) is 4.42. The highest BCUT2D eigenvalue weighted by Gasteiger charge is 2.16. The van der Waals surface area contributed by atoms with Crippen LogP contribution in [0.2, 0.25) is 0 Å². The minimum atomic E-state index is -0.147. The van der Waals surface area contributed by atoms with Crippen LogP contribution in [0.1, 0.15) is 43.6 Å². The zero-order valence-corrected chi connectivity index (χ0v) is 17.6. The average molecular weight is 382 g/mol. The van der Waals surface area contributed by atoms with E-state index in [0.717, 1.165) is 30.7 Å².